The molecule has 0 spiro atoms. The Morgan fingerprint density at radius 2 is 2.10 bits per heavy atom. The minimum absolute atomic E-state index is 0.282. The second-order valence-corrected chi connectivity index (χ2v) is 7.39. The molecule has 0 saturated carbocycles. The van der Waals surface area contributed by atoms with E-state index in [2.05, 4.69) is 50.0 Å². The fourth-order valence-electron chi connectivity index (χ4n) is 3.05. The normalized spacial score (nSPS) is 24.9. The van der Waals surface area contributed by atoms with Gasteiger partial charge in [0, 0.05) is 36.7 Å². The minimum atomic E-state index is 0.282. The van der Waals surface area contributed by atoms with Gasteiger partial charge in [0.2, 0.25) is 0 Å². The smallest absolute Gasteiger partial charge is 0.0409 e. The van der Waals surface area contributed by atoms with Crippen LogP contribution < -0.4 is 5.32 Å². The van der Waals surface area contributed by atoms with Crippen LogP contribution in [0.2, 0.25) is 5.02 Å². The molecule has 20 heavy (non-hydrogen) atoms. The molecule has 112 valence electrons. The summed E-state index contributed by atoms with van der Waals surface area (Å²) in [5.41, 5.74) is 1.59. The first-order chi connectivity index (χ1) is 9.40. The Labute approximate surface area is 128 Å². The lowest BCUT2D eigenvalue weighted by Gasteiger charge is -2.46. The fraction of sp³-hybridized carbons (Fsp3) is 0.647. The molecule has 1 aliphatic rings. The monoisotopic (exact) mass is 294 g/mol. The predicted molar refractivity (Wildman–Crippen MR) is 87.2 cm³/mol. The molecule has 1 fully saturated rings. The molecule has 3 heteroatoms. The van der Waals surface area contributed by atoms with Gasteiger partial charge >= 0.3 is 0 Å². The molecule has 2 rings (SSSR count). The molecule has 1 aliphatic heterocycles. The molecule has 1 aromatic carbocycles. The van der Waals surface area contributed by atoms with Crippen molar-refractivity contribution in [2.24, 2.45) is 5.41 Å². The standard InChI is InChI=1S/C17H27ClN2/c1-5-15-12-20(16(10-19-15)17(2,3)4)11-13-7-6-8-14(18)9-13/h6-9,15-16,19H,5,10-12H2,1-4H3. The van der Waals surface area contributed by atoms with Gasteiger partial charge in [0.1, 0.15) is 0 Å². The number of halogens is 1. The minimum Gasteiger partial charge on any atom is -0.311 e. The summed E-state index contributed by atoms with van der Waals surface area (Å²) in [7, 11) is 0. The molecule has 0 aromatic heterocycles. The third-order valence-corrected chi connectivity index (χ3v) is 4.50. The van der Waals surface area contributed by atoms with Crippen LogP contribution in [0.3, 0.4) is 0 Å². The van der Waals surface area contributed by atoms with Gasteiger partial charge < -0.3 is 5.32 Å². The van der Waals surface area contributed by atoms with E-state index in [-0.39, 0.29) is 5.41 Å². The van der Waals surface area contributed by atoms with Crippen LogP contribution in [-0.2, 0) is 6.54 Å². The van der Waals surface area contributed by atoms with Crippen molar-refractivity contribution in [3.63, 3.8) is 0 Å². The largest absolute Gasteiger partial charge is 0.311 e. The Morgan fingerprint density at radius 3 is 2.70 bits per heavy atom. The van der Waals surface area contributed by atoms with Crippen LogP contribution in [0.4, 0.5) is 0 Å². The lowest BCUT2D eigenvalue weighted by molar-refractivity contribution is 0.0485. The molecule has 2 unspecified atom stereocenters. The van der Waals surface area contributed by atoms with Crippen molar-refractivity contribution in [1.82, 2.24) is 10.2 Å². The molecular formula is C17H27ClN2. The van der Waals surface area contributed by atoms with Crippen LogP contribution in [0.25, 0.3) is 0 Å². The Kier molecular flexibility index (Phi) is 5.11. The zero-order valence-electron chi connectivity index (χ0n) is 13.1. The van der Waals surface area contributed by atoms with Crippen LogP contribution in [0.5, 0.6) is 0 Å². The van der Waals surface area contributed by atoms with Crippen molar-refractivity contribution in [2.45, 2.75) is 52.7 Å². The van der Waals surface area contributed by atoms with E-state index in [1.165, 1.54) is 12.0 Å². The molecule has 1 saturated heterocycles. The summed E-state index contributed by atoms with van der Waals surface area (Å²) >= 11 is 6.11. The molecule has 0 bridgehead atoms. The molecule has 0 aliphatic carbocycles. The predicted octanol–water partition coefficient (Wildman–Crippen LogP) is 3.94. The van der Waals surface area contributed by atoms with E-state index in [0.717, 1.165) is 24.7 Å². The number of rotatable bonds is 3. The van der Waals surface area contributed by atoms with Crippen LogP contribution >= 0.6 is 11.6 Å². The van der Waals surface area contributed by atoms with E-state index in [0.29, 0.717) is 12.1 Å². The third-order valence-electron chi connectivity index (χ3n) is 4.26. The molecular weight excluding hydrogens is 268 g/mol. The van der Waals surface area contributed by atoms with Gasteiger partial charge in [-0.1, -0.05) is 51.4 Å². The van der Waals surface area contributed by atoms with E-state index >= 15 is 0 Å². The van der Waals surface area contributed by atoms with Gasteiger partial charge in [0.15, 0.2) is 0 Å². The molecule has 1 N–H and O–H groups in total. The van der Waals surface area contributed by atoms with E-state index in [9.17, 15) is 0 Å². The summed E-state index contributed by atoms with van der Waals surface area (Å²) in [5.74, 6) is 0. The Balaban J connectivity index is 2.14. The van der Waals surface area contributed by atoms with Crippen molar-refractivity contribution in [3.8, 4) is 0 Å². The van der Waals surface area contributed by atoms with Crippen molar-refractivity contribution in [2.75, 3.05) is 13.1 Å². The van der Waals surface area contributed by atoms with Gasteiger partial charge in [-0.05, 0) is 29.5 Å². The van der Waals surface area contributed by atoms with Gasteiger partial charge in [-0.15, -0.1) is 0 Å². The van der Waals surface area contributed by atoms with Gasteiger partial charge in [-0.2, -0.15) is 0 Å². The summed E-state index contributed by atoms with van der Waals surface area (Å²) < 4.78 is 0. The van der Waals surface area contributed by atoms with E-state index in [4.69, 9.17) is 11.6 Å². The van der Waals surface area contributed by atoms with Gasteiger partial charge in [-0.3, -0.25) is 4.90 Å². The van der Waals surface area contributed by atoms with Crippen LogP contribution in [0, 0.1) is 5.41 Å². The molecule has 1 heterocycles. The van der Waals surface area contributed by atoms with Gasteiger partial charge in [-0.25, -0.2) is 0 Å². The maximum atomic E-state index is 6.11. The van der Waals surface area contributed by atoms with Crippen molar-refractivity contribution < 1.29 is 0 Å². The Hall–Kier alpha value is -0.570. The highest BCUT2D eigenvalue weighted by atomic mass is 35.5. The van der Waals surface area contributed by atoms with Crippen LogP contribution in [-0.4, -0.2) is 30.1 Å². The first kappa shape index (κ1) is 15.8. The quantitative estimate of drug-likeness (QED) is 0.908. The summed E-state index contributed by atoms with van der Waals surface area (Å²) in [5, 5.41) is 4.52. The van der Waals surface area contributed by atoms with Crippen molar-refractivity contribution in [3.05, 3.63) is 34.9 Å². The summed E-state index contributed by atoms with van der Waals surface area (Å²) in [6, 6.07) is 9.41. The maximum absolute atomic E-state index is 6.11. The molecule has 1 aromatic rings. The highest BCUT2D eigenvalue weighted by molar-refractivity contribution is 6.30. The van der Waals surface area contributed by atoms with Gasteiger partial charge in [0.05, 0.1) is 0 Å². The maximum Gasteiger partial charge on any atom is 0.0409 e. The number of hydrogen-bond donors (Lipinski definition) is 1. The first-order valence-corrected chi connectivity index (χ1v) is 8.00. The SMILES string of the molecule is CCC1CN(Cc2cccc(Cl)c2)C(C(C)(C)C)CN1. The highest BCUT2D eigenvalue weighted by Gasteiger charge is 2.34. The number of hydrogen-bond acceptors (Lipinski definition) is 2. The Morgan fingerprint density at radius 1 is 1.35 bits per heavy atom. The average Bonchev–Trinajstić information content (AvgIpc) is 2.37. The lowest BCUT2D eigenvalue weighted by Crippen LogP contribution is -2.59. The number of piperazine rings is 1. The lowest BCUT2D eigenvalue weighted by atomic mass is 9.83. The molecule has 0 radical (unpaired) electrons. The second-order valence-electron chi connectivity index (χ2n) is 6.95. The molecule has 2 atom stereocenters. The van der Waals surface area contributed by atoms with Crippen LogP contribution in [0.15, 0.2) is 24.3 Å². The Bertz CT molecular complexity index is 439. The third kappa shape index (κ3) is 3.97. The number of benzene rings is 1. The zero-order chi connectivity index (χ0) is 14.8. The molecule has 0 amide bonds. The topological polar surface area (TPSA) is 15.3 Å². The summed E-state index contributed by atoms with van der Waals surface area (Å²) in [4.78, 5) is 2.62. The highest BCUT2D eigenvalue weighted by Crippen LogP contribution is 2.28. The van der Waals surface area contributed by atoms with Crippen molar-refractivity contribution >= 4 is 11.6 Å². The van der Waals surface area contributed by atoms with Crippen LogP contribution in [0.1, 0.15) is 39.7 Å². The first-order valence-electron chi connectivity index (χ1n) is 7.62. The van der Waals surface area contributed by atoms with Gasteiger partial charge in [0.25, 0.3) is 0 Å². The van der Waals surface area contributed by atoms with E-state index < -0.39 is 0 Å². The molecule has 2 nitrogen and oxygen atoms in total. The van der Waals surface area contributed by atoms with Crippen molar-refractivity contribution in [1.29, 1.82) is 0 Å². The fourth-order valence-corrected chi connectivity index (χ4v) is 3.27. The number of nitrogens with zero attached hydrogens (tertiary/aromatic N) is 1. The summed E-state index contributed by atoms with van der Waals surface area (Å²) in [6.07, 6.45) is 1.18. The average molecular weight is 295 g/mol. The second kappa shape index (κ2) is 6.46. The summed E-state index contributed by atoms with van der Waals surface area (Å²) in [6.45, 7) is 12.4. The van der Waals surface area contributed by atoms with E-state index in [1.54, 1.807) is 0 Å². The number of nitrogens with one attached hydrogen (secondary N) is 1. The van der Waals surface area contributed by atoms with E-state index in [1.807, 2.05) is 12.1 Å². The zero-order valence-corrected chi connectivity index (χ0v) is 13.9.